The highest BCUT2D eigenvalue weighted by Crippen LogP contribution is 2.18. The first-order valence-corrected chi connectivity index (χ1v) is 7.94. The molecule has 3 rings (SSSR count). The quantitative estimate of drug-likeness (QED) is 0.720. The molecule has 4 nitrogen and oxygen atoms in total. The van der Waals surface area contributed by atoms with Gasteiger partial charge in [-0.2, -0.15) is 5.10 Å². The van der Waals surface area contributed by atoms with Crippen molar-refractivity contribution in [1.82, 2.24) is 14.7 Å². The molecule has 0 saturated carbocycles. The number of hydrogen-bond acceptors (Lipinski definition) is 2. The minimum absolute atomic E-state index is 0.0376. The van der Waals surface area contributed by atoms with Gasteiger partial charge in [-0.15, -0.1) is 0 Å². The van der Waals surface area contributed by atoms with E-state index < -0.39 is 0 Å². The van der Waals surface area contributed by atoms with Gasteiger partial charge in [-0.3, -0.25) is 9.48 Å². The molecule has 0 aliphatic carbocycles. The maximum atomic E-state index is 12.9. The van der Waals surface area contributed by atoms with E-state index in [1.165, 1.54) is 17.7 Å². The molecule has 5 heteroatoms. The molecule has 0 N–H and O–H groups in total. The summed E-state index contributed by atoms with van der Waals surface area (Å²) >= 11 is 0. The molecule has 1 aromatic heterocycles. The van der Waals surface area contributed by atoms with Gasteiger partial charge in [-0.05, 0) is 36.2 Å². The van der Waals surface area contributed by atoms with Gasteiger partial charge in [-0.25, -0.2) is 4.39 Å². The Kier molecular flexibility index (Phi) is 4.60. The zero-order chi connectivity index (χ0) is 17.1. The van der Waals surface area contributed by atoms with Crippen LogP contribution >= 0.6 is 0 Å². The monoisotopic (exact) mass is 325 g/mol. The second-order valence-corrected chi connectivity index (χ2v) is 6.00. The van der Waals surface area contributed by atoms with E-state index in [0.29, 0.717) is 19.5 Å². The molecular weight excluding hydrogens is 305 g/mol. The summed E-state index contributed by atoms with van der Waals surface area (Å²) < 4.78 is 14.8. The fourth-order valence-corrected chi connectivity index (χ4v) is 2.77. The lowest BCUT2D eigenvalue weighted by Crippen LogP contribution is -2.27. The van der Waals surface area contributed by atoms with Crippen LogP contribution in [-0.2, 0) is 17.9 Å². The van der Waals surface area contributed by atoms with Crippen molar-refractivity contribution in [2.24, 2.45) is 0 Å². The van der Waals surface area contributed by atoms with Crippen LogP contribution in [0.1, 0.15) is 17.5 Å². The van der Waals surface area contributed by atoms with E-state index in [1.54, 1.807) is 24.1 Å². The van der Waals surface area contributed by atoms with Crippen molar-refractivity contribution in [3.8, 4) is 0 Å². The topological polar surface area (TPSA) is 38.1 Å². The van der Waals surface area contributed by atoms with Crippen LogP contribution < -0.4 is 0 Å². The van der Waals surface area contributed by atoms with Crippen LogP contribution in [0.5, 0.6) is 0 Å². The van der Waals surface area contributed by atoms with Crippen LogP contribution in [0.15, 0.2) is 48.7 Å². The number of benzene rings is 2. The van der Waals surface area contributed by atoms with E-state index in [-0.39, 0.29) is 11.7 Å². The average Bonchev–Trinajstić information content (AvgIpc) is 2.99. The molecule has 0 unspecified atom stereocenters. The van der Waals surface area contributed by atoms with E-state index in [4.69, 9.17) is 0 Å². The summed E-state index contributed by atoms with van der Waals surface area (Å²) in [4.78, 5) is 14.0. The lowest BCUT2D eigenvalue weighted by atomic mass is 10.1. The van der Waals surface area contributed by atoms with Crippen molar-refractivity contribution < 1.29 is 9.18 Å². The number of hydrogen-bond donors (Lipinski definition) is 0. The Bertz CT molecular complexity index is 855. The van der Waals surface area contributed by atoms with Gasteiger partial charge < -0.3 is 4.90 Å². The Morgan fingerprint density at radius 1 is 1.21 bits per heavy atom. The Labute approximate surface area is 140 Å². The Morgan fingerprint density at radius 2 is 1.96 bits per heavy atom. The Morgan fingerprint density at radius 3 is 2.71 bits per heavy atom. The van der Waals surface area contributed by atoms with Crippen LogP contribution in [0.3, 0.4) is 0 Å². The van der Waals surface area contributed by atoms with Crippen molar-refractivity contribution in [3.05, 3.63) is 65.6 Å². The highest BCUT2D eigenvalue weighted by atomic mass is 19.1. The second kappa shape index (κ2) is 6.83. The Hall–Kier alpha value is -2.69. The van der Waals surface area contributed by atoms with E-state index in [2.05, 4.69) is 18.1 Å². The van der Waals surface area contributed by atoms with E-state index in [0.717, 1.165) is 16.5 Å². The van der Waals surface area contributed by atoms with Crippen molar-refractivity contribution >= 4 is 16.8 Å². The molecule has 0 radical (unpaired) electrons. The molecule has 24 heavy (non-hydrogen) atoms. The minimum atomic E-state index is -0.270. The summed E-state index contributed by atoms with van der Waals surface area (Å²) in [5.74, 6) is -0.232. The molecule has 2 aromatic carbocycles. The van der Waals surface area contributed by atoms with Crippen LogP contribution in [0, 0.1) is 12.7 Å². The van der Waals surface area contributed by atoms with Gasteiger partial charge in [0.05, 0.1) is 18.3 Å². The maximum absolute atomic E-state index is 12.9. The normalized spacial score (nSPS) is 11.0. The third-order valence-electron chi connectivity index (χ3n) is 4.20. The average molecular weight is 325 g/mol. The standard InChI is InChI=1S/C19H20FN3O/c1-14-4-3-5-18-17(14)12-21-23(18)11-10-19(24)22(2)13-15-6-8-16(20)9-7-15/h3-9,12H,10-11,13H2,1-2H3. The summed E-state index contributed by atoms with van der Waals surface area (Å²) in [5.41, 5.74) is 3.13. The number of rotatable bonds is 5. The van der Waals surface area contributed by atoms with Gasteiger partial charge in [-0.1, -0.05) is 24.3 Å². The zero-order valence-corrected chi connectivity index (χ0v) is 13.9. The first-order valence-electron chi connectivity index (χ1n) is 7.94. The fraction of sp³-hybridized carbons (Fsp3) is 0.263. The first kappa shape index (κ1) is 16.2. The summed E-state index contributed by atoms with van der Waals surface area (Å²) in [6.07, 6.45) is 2.22. The largest absolute Gasteiger partial charge is 0.341 e. The number of aromatic nitrogens is 2. The lowest BCUT2D eigenvalue weighted by molar-refractivity contribution is -0.130. The second-order valence-electron chi connectivity index (χ2n) is 6.00. The molecule has 0 aliphatic rings. The van der Waals surface area contributed by atoms with Gasteiger partial charge in [0.2, 0.25) is 5.91 Å². The maximum Gasteiger partial charge on any atom is 0.224 e. The zero-order valence-electron chi connectivity index (χ0n) is 13.9. The number of nitrogens with zero attached hydrogens (tertiary/aromatic N) is 3. The van der Waals surface area contributed by atoms with Gasteiger partial charge in [0.15, 0.2) is 0 Å². The van der Waals surface area contributed by atoms with Crippen molar-refractivity contribution in [3.63, 3.8) is 0 Å². The number of fused-ring (bicyclic) bond motifs is 1. The molecule has 0 atom stereocenters. The number of aryl methyl sites for hydroxylation is 2. The number of amides is 1. The molecule has 0 aliphatic heterocycles. The highest BCUT2D eigenvalue weighted by molar-refractivity contribution is 5.82. The van der Waals surface area contributed by atoms with Crippen LogP contribution in [0.4, 0.5) is 4.39 Å². The molecular formula is C19H20FN3O. The fourth-order valence-electron chi connectivity index (χ4n) is 2.77. The first-order chi connectivity index (χ1) is 11.5. The van der Waals surface area contributed by atoms with Crippen molar-refractivity contribution in [2.75, 3.05) is 7.05 Å². The molecule has 1 amide bonds. The summed E-state index contributed by atoms with van der Waals surface area (Å²) in [5, 5.41) is 5.50. The highest BCUT2D eigenvalue weighted by Gasteiger charge is 2.11. The van der Waals surface area contributed by atoms with Gasteiger partial charge in [0.25, 0.3) is 0 Å². The molecule has 0 saturated heterocycles. The number of carbonyl (C=O) groups is 1. The summed E-state index contributed by atoms with van der Waals surface area (Å²) in [6.45, 7) is 3.06. The molecule has 0 spiro atoms. The minimum Gasteiger partial charge on any atom is -0.341 e. The molecule has 1 heterocycles. The van der Waals surface area contributed by atoms with Gasteiger partial charge >= 0.3 is 0 Å². The summed E-state index contributed by atoms with van der Waals surface area (Å²) in [6, 6.07) is 12.3. The molecule has 0 bridgehead atoms. The van der Waals surface area contributed by atoms with E-state index >= 15 is 0 Å². The number of carbonyl (C=O) groups excluding carboxylic acids is 1. The summed E-state index contributed by atoms with van der Waals surface area (Å²) in [7, 11) is 1.76. The molecule has 124 valence electrons. The smallest absolute Gasteiger partial charge is 0.224 e. The third kappa shape index (κ3) is 3.45. The van der Waals surface area contributed by atoms with Gasteiger partial charge in [0.1, 0.15) is 5.82 Å². The number of halogens is 1. The molecule has 3 aromatic rings. The van der Waals surface area contributed by atoms with Gasteiger partial charge in [0, 0.05) is 25.4 Å². The van der Waals surface area contributed by atoms with Crippen molar-refractivity contribution in [1.29, 1.82) is 0 Å². The third-order valence-corrected chi connectivity index (χ3v) is 4.20. The molecule has 0 fully saturated rings. The lowest BCUT2D eigenvalue weighted by Gasteiger charge is -2.17. The predicted octanol–water partition coefficient (Wildman–Crippen LogP) is 3.53. The van der Waals surface area contributed by atoms with E-state index in [1.807, 2.05) is 23.0 Å². The Balaban J connectivity index is 1.62. The van der Waals surface area contributed by atoms with Crippen LogP contribution in [0.25, 0.3) is 10.9 Å². The van der Waals surface area contributed by atoms with Crippen molar-refractivity contribution in [2.45, 2.75) is 26.4 Å². The van der Waals surface area contributed by atoms with Crippen LogP contribution in [0.2, 0.25) is 0 Å². The van der Waals surface area contributed by atoms with E-state index in [9.17, 15) is 9.18 Å². The van der Waals surface area contributed by atoms with Crippen LogP contribution in [-0.4, -0.2) is 27.6 Å². The predicted molar refractivity (Wildman–Crippen MR) is 92.0 cm³/mol. The SMILES string of the molecule is Cc1cccc2c1cnn2CCC(=O)N(C)Cc1ccc(F)cc1.